The number of methoxy groups -OCH3 is 1. The standard InChI is InChI=1S/C17H11ClN2O2S/c1-22-16(21)11-4-7-13-14(8-11)20-15(9-23-17(20)19-13)10-2-5-12(18)6-3-10/h2-9H,1H3. The Bertz CT molecular complexity index is 1030. The molecular weight excluding hydrogens is 332 g/mol. The van der Waals surface area contributed by atoms with E-state index in [0.29, 0.717) is 10.6 Å². The van der Waals surface area contributed by atoms with Crippen molar-refractivity contribution in [3.8, 4) is 11.3 Å². The zero-order valence-electron chi connectivity index (χ0n) is 12.1. The van der Waals surface area contributed by atoms with Crippen molar-refractivity contribution in [3.05, 3.63) is 58.4 Å². The zero-order valence-corrected chi connectivity index (χ0v) is 13.7. The summed E-state index contributed by atoms with van der Waals surface area (Å²) in [5.41, 5.74) is 4.30. The maximum atomic E-state index is 11.8. The summed E-state index contributed by atoms with van der Waals surface area (Å²) in [7, 11) is 1.38. The summed E-state index contributed by atoms with van der Waals surface area (Å²) < 4.78 is 6.85. The van der Waals surface area contributed by atoms with Crippen molar-refractivity contribution in [2.45, 2.75) is 0 Å². The summed E-state index contributed by atoms with van der Waals surface area (Å²) in [5.74, 6) is -0.356. The van der Waals surface area contributed by atoms with E-state index in [1.807, 2.05) is 36.4 Å². The van der Waals surface area contributed by atoms with Gasteiger partial charge in [-0.3, -0.25) is 4.40 Å². The van der Waals surface area contributed by atoms with E-state index < -0.39 is 0 Å². The zero-order chi connectivity index (χ0) is 16.0. The first kappa shape index (κ1) is 14.2. The molecule has 2 aromatic carbocycles. The van der Waals surface area contributed by atoms with E-state index in [1.165, 1.54) is 7.11 Å². The van der Waals surface area contributed by atoms with Crippen LogP contribution in [0.25, 0.3) is 27.3 Å². The Morgan fingerprint density at radius 2 is 2.00 bits per heavy atom. The van der Waals surface area contributed by atoms with Gasteiger partial charge in [0.05, 0.1) is 29.4 Å². The monoisotopic (exact) mass is 342 g/mol. The maximum absolute atomic E-state index is 11.8. The lowest BCUT2D eigenvalue weighted by atomic mass is 10.1. The number of aromatic nitrogens is 2. The van der Waals surface area contributed by atoms with Crippen LogP contribution in [0.1, 0.15) is 10.4 Å². The predicted octanol–water partition coefficient (Wildman–Crippen LogP) is 4.66. The molecule has 0 bridgehead atoms. The van der Waals surface area contributed by atoms with Crippen molar-refractivity contribution in [2.24, 2.45) is 0 Å². The molecule has 0 spiro atoms. The first-order valence-corrected chi connectivity index (χ1v) is 8.17. The molecule has 4 rings (SSSR count). The predicted molar refractivity (Wildman–Crippen MR) is 92.4 cm³/mol. The number of halogens is 1. The van der Waals surface area contributed by atoms with Crippen LogP contribution >= 0.6 is 22.9 Å². The van der Waals surface area contributed by atoms with Crippen LogP contribution < -0.4 is 0 Å². The highest BCUT2D eigenvalue weighted by Crippen LogP contribution is 2.31. The van der Waals surface area contributed by atoms with Gasteiger partial charge in [0, 0.05) is 10.4 Å². The number of thiazole rings is 1. The maximum Gasteiger partial charge on any atom is 0.337 e. The molecule has 0 aliphatic heterocycles. The van der Waals surface area contributed by atoms with E-state index in [1.54, 1.807) is 17.4 Å². The van der Waals surface area contributed by atoms with Crippen molar-refractivity contribution in [1.82, 2.24) is 9.38 Å². The summed E-state index contributed by atoms with van der Waals surface area (Å²) in [5, 5.41) is 2.75. The molecule has 0 aliphatic carbocycles. The summed E-state index contributed by atoms with van der Waals surface area (Å²) in [4.78, 5) is 17.3. The number of hydrogen-bond acceptors (Lipinski definition) is 4. The Kier molecular flexibility index (Phi) is 3.32. The van der Waals surface area contributed by atoms with Gasteiger partial charge in [-0.05, 0) is 35.9 Å². The highest BCUT2D eigenvalue weighted by Gasteiger charge is 2.14. The summed E-state index contributed by atoms with van der Waals surface area (Å²) in [6.45, 7) is 0. The molecule has 0 radical (unpaired) electrons. The molecule has 23 heavy (non-hydrogen) atoms. The number of fused-ring (bicyclic) bond motifs is 3. The molecule has 4 nitrogen and oxygen atoms in total. The number of carbonyl (C=O) groups is 1. The third-order valence-electron chi connectivity index (χ3n) is 3.70. The highest BCUT2D eigenvalue weighted by atomic mass is 35.5. The van der Waals surface area contributed by atoms with Crippen molar-refractivity contribution in [2.75, 3.05) is 7.11 Å². The van der Waals surface area contributed by atoms with Crippen LogP contribution in [0.5, 0.6) is 0 Å². The molecule has 0 fully saturated rings. The van der Waals surface area contributed by atoms with Gasteiger partial charge in [0.1, 0.15) is 0 Å². The molecule has 0 atom stereocenters. The normalized spacial score (nSPS) is 11.2. The fraction of sp³-hybridized carbons (Fsp3) is 0.0588. The van der Waals surface area contributed by atoms with Crippen molar-refractivity contribution in [3.63, 3.8) is 0 Å². The van der Waals surface area contributed by atoms with Crippen molar-refractivity contribution in [1.29, 1.82) is 0 Å². The Morgan fingerprint density at radius 1 is 1.22 bits per heavy atom. The summed E-state index contributed by atoms with van der Waals surface area (Å²) >= 11 is 7.53. The minimum absolute atomic E-state index is 0.356. The van der Waals surface area contributed by atoms with Crippen LogP contribution in [-0.4, -0.2) is 22.5 Å². The molecule has 2 aromatic heterocycles. The van der Waals surface area contributed by atoms with Crippen molar-refractivity contribution >= 4 is 44.9 Å². The molecule has 0 aliphatic rings. The number of rotatable bonds is 2. The Balaban J connectivity index is 1.99. The van der Waals surface area contributed by atoms with Crippen LogP contribution in [0.4, 0.5) is 0 Å². The van der Waals surface area contributed by atoms with Crippen molar-refractivity contribution < 1.29 is 9.53 Å². The van der Waals surface area contributed by atoms with Crippen LogP contribution in [-0.2, 0) is 4.74 Å². The number of benzene rings is 2. The van der Waals surface area contributed by atoms with Gasteiger partial charge < -0.3 is 4.74 Å². The lowest BCUT2D eigenvalue weighted by Crippen LogP contribution is -2.00. The lowest BCUT2D eigenvalue weighted by Gasteiger charge is -2.03. The quantitative estimate of drug-likeness (QED) is 0.498. The van der Waals surface area contributed by atoms with Gasteiger partial charge in [-0.15, -0.1) is 11.3 Å². The minimum atomic E-state index is -0.356. The summed E-state index contributed by atoms with van der Waals surface area (Å²) in [6.07, 6.45) is 0. The number of hydrogen-bond donors (Lipinski definition) is 0. The molecule has 0 saturated heterocycles. The number of nitrogens with zero attached hydrogens (tertiary/aromatic N) is 2. The van der Waals surface area contributed by atoms with Crippen LogP contribution in [0.3, 0.4) is 0 Å². The highest BCUT2D eigenvalue weighted by molar-refractivity contribution is 7.15. The van der Waals surface area contributed by atoms with E-state index in [-0.39, 0.29) is 5.97 Å². The third-order valence-corrected chi connectivity index (χ3v) is 4.78. The SMILES string of the molecule is COC(=O)c1ccc2nc3scc(-c4ccc(Cl)cc4)n3c2c1. The molecule has 114 valence electrons. The second-order valence-electron chi connectivity index (χ2n) is 5.05. The number of ether oxygens (including phenoxy) is 1. The second-order valence-corrected chi connectivity index (χ2v) is 6.33. The van der Waals surface area contributed by atoms with Gasteiger partial charge in [-0.1, -0.05) is 23.7 Å². The fourth-order valence-corrected chi connectivity index (χ4v) is 3.63. The molecule has 0 unspecified atom stereocenters. The van der Waals surface area contributed by atoms with Gasteiger partial charge in [-0.2, -0.15) is 0 Å². The first-order chi connectivity index (χ1) is 11.2. The molecular formula is C17H11ClN2O2S. The van der Waals surface area contributed by atoms with E-state index in [0.717, 1.165) is 27.3 Å². The molecule has 2 heterocycles. The Labute approximate surface area is 140 Å². The third kappa shape index (κ3) is 2.29. The first-order valence-electron chi connectivity index (χ1n) is 6.91. The van der Waals surface area contributed by atoms with Crippen LogP contribution in [0.2, 0.25) is 5.02 Å². The largest absolute Gasteiger partial charge is 0.465 e. The van der Waals surface area contributed by atoms with Gasteiger partial charge in [0.25, 0.3) is 0 Å². The number of esters is 1. The molecule has 6 heteroatoms. The van der Waals surface area contributed by atoms with Crippen LogP contribution in [0.15, 0.2) is 47.8 Å². The molecule has 0 amide bonds. The average molecular weight is 343 g/mol. The fourth-order valence-electron chi connectivity index (χ4n) is 2.59. The average Bonchev–Trinajstić information content (AvgIpc) is 3.13. The molecule has 0 saturated carbocycles. The van der Waals surface area contributed by atoms with E-state index in [2.05, 4.69) is 14.8 Å². The van der Waals surface area contributed by atoms with Gasteiger partial charge in [0.2, 0.25) is 0 Å². The second kappa shape index (κ2) is 5.37. The minimum Gasteiger partial charge on any atom is -0.465 e. The van der Waals surface area contributed by atoms with E-state index in [4.69, 9.17) is 16.3 Å². The number of carbonyl (C=O) groups excluding carboxylic acids is 1. The van der Waals surface area contributed by atoms with E-state index in [9.17, 15) is 4.79 Å². The van der Waals surface area contributed by atoms with Gasteiger partial charge in [0.15, 0.2) is 4.96 Å². The molecule has 4 aromatic rings. The molecule has 0 N–H and O–H groups in total. The summed E-state index contributed by atoms with van der Waals surface area (Å²) in [6, 6.07) is 13.0. The van der Waals surface area contributed by atoms with E-state index >= 15 is 0 Å². The van der Waals surface area contributed by atoms with Crippen LogP contribution in [0, 0.1) is 0 Å². The smallest absolute Gasteiger partial charge is 0.337 e. The lowest BCUT2D eigenvalue weighted by molar-refractivity contribution is 0.0601. The topological polar surface area (TPSA) is 43.6 Å². The Morgan fingerprint density at radius 3 is 2.74 bits per heavy atom. The van der Waals surface area contributed by atoms with Gasteiger partial charge >= 0.3 is 5.97 Å². The van der Waals surface area contributed by atoms with Gasteiger partial charge in [-0.25, -0.2) is 9.78 Å². The Hall–Kier alpha value is -2.37. The number of imidazole rings is 1.